The molecule has 0 saturated heterocycles. The van der Waals surface area contributed by atoms with Gasteiger partial charge in [0, 0.05) is 17.1 Å². The smallest absolute Gasteiger partial charge is 0.160 e. The number of benzene rings is 1. The van der Waals surface area contributed by atoms with Gasteiger partial charge in [0.05, 0.1) is 37.1 Å². The average molecular weight is 360 g/mol. The molecule has 4 rings (SSSR count). The van der Waals surface area contributed by atoms with Gasteiger partial charge in [0.15, 0.2) is 5.82 Å². The van der Waals surface area contributed by atoms with Crippen molar-refractivity contribution in [1.82, 2.24) is 24.3 Å². The van der Waals surface area contributed by atoms with E-state index in [0.29, 0.717) is 13.2 Å². The molecule has 0 radical (unpaired) electrons. The number of rotatable bonds is 3. The Hall–Kier alpha value is -1.99. The topological polar surface area (TPSA) is 57.8 Å². The summed E-state index contributed by atoms with van der Waals surface area (Å²) in [5.74, 6) is 0.886. The van der Waals surface area contributed by atoms with Crippen LogP contribution >= 0.6 is 15.9 Å². The molecule has 3 aromatic rings. The molecule has 0 saturated carbocycles. The average Bonchev–Trinajstić information content (AvgIpc) is 3.12. The van der Waals surface area contributed by atoms with Crippen LogP contribution in [0.2, 0.25) is 0 Å². The zero-order valence-corrected chi connectivity index (χ0v) is 13.6. The molecular formula is C15H14BrN5O. The monoisotopic (exact) mass is 359 g/mol. The molecular weight excluding hydrogens is 346 g/mol. The van der Waals surface area contributed by atoms with Gasteiger partial charge < -0.3 is 9.30 Å². The fourth-order valence-corrected chi connectivity index (χ4v) is 3.38. The van der Waals surface area contributed by atoms with Gasteiger partial charge in [-0.05, 0) is 24.1 Å². The van der Waals surface area contributed by atoms with Crippen molar-refractivity contribution in [2.45, 2.75) is 13.0 Å². The minimum absolute atomic E-state index is 0.658. The molecule has 3 heterocycles. The van der Waals surface area contributed by atoms with Gasteiger partial charge in [-0.15, -0.1) is 0 Å². The maximum Gasteiger partial charge on any atom is 0.160 e. The Kier molecular flexibility index (Phi) is 3.31. The van der Waals surface area contributed by atoms with Crippen LogP contribution in [0.3, 0.4) is 0 Å². The molecule has 1 aromatic carbocycles. The molecule has 1 aliphatic heterocycles. The molecule has 112 valence electrons. The van der Waals surface area contributed by atoms with E-state index in [9.17, 15) is 0 Å². The Balaban J connectivity index is 2.03. The second-order valence-corrected chi connectivity index (χ2v) is 6.11. The molecule has 0 N–H and O–H groups in total. The molecule has 0 fully saturated rings. The van der Waals surface area contributed by atoms with Crippen molar-refractivity contribution in [2.24, 2.45) is 0 Å². The number of aromatic nitrogens is 5. The second kappa shape index (κ2) is 5.33. The van der Waals surface area contributed by atoms with E-state index in [0.717, 1.165) is 33.7 Å². The van der Waals surface area contributed by atoms with Crippen LogP contribution in [0.25, 0.3) is 17.1 Å². The number of ether oxygens (including phenoxy) is 1. The quantitative estimate of drug-likeness (QED) is 0.563. The van der Waals surface area contributed by atoms with Gasteiger partial charge in [-0.25, -0.2) is 14.6 Å². The highest BCUT2D eigenvalue weighted by Crippen LogP contribution is 2.35. The summed E-state index contributed by atoms with van der Waals surface area (Å²) in [6.07, 6.45) is 6.13. The van der Waals surface area contributed by atoms with Gasteiger partial charge in [-0.3, -0.25) is 0 Å². The Morgan fingerprint density at radius 3 is 3.14 bits per heavy atom. The van der Waals surface area contributed by atoms with E-state index in [-0.39, 0.29) is 0 Å². The molecule has 7 heteroatoms. The summed E-state index contributed by atoms with van der Waals surface area (Å²) >= 11 is 3.61. The number of imidazole rings is 1. The second-order valence-electron chi connectivity index (χ2n) is 5.20. The van der Waals surface area contributed by atoms with E-state index in [1.54, 1.807) is 13.4 Å². The van der Waals surface area contributed by atoms with Crippen LogP contribution in [-0.2, 0) is 17.7 Å². The molecule has 0 amide bonds. The summed E-state index contributed by atoms with van der Waals surface area (Å²) in [6.45, 7) is 1.32. The van der Waals surface area contributed by atoms with E-state index < -0.39 is 0 Å². The first-order valence-electron chi connectivity index (χ1n) is 6.99. The van der Waals surface area contributed by atoms with Crippen LogP contribution in [0, 0.1) is 0 Å². The first-order valence-corrected chi connectivity index (χ1v) is 7.78. The molecule has 2 aromatic heterocycles. The normalized spacial score (nSPS) is 12.5. The molecule has 22 heavy (non-hydrogen) atoms. The Morgan fingerprint density at radius 2 is 2.27 bits per heavy atom. The highest BCUT2D eigenvalue weighted by molar-refractivity contribution is 9.10. The Morgan fingerprint density at radius 1 is 1.36 bits per heavy atom. The van der Waals surface area contributed by atoms with Crippen molar-refractivity contribution in [1.29, 1.82) is 0 Å². The molecule has 0 unspecified atom stereocenters. The van der Waals surface area contributed by atoms with Gasteiger partial charge in [0.2, 0.25) is 0 Å². The van der Waals surface area contributed by atoms with Crippen molar-refractivity contribution in [3.63, 3.8) is 0 Å². The van der Waals surface area contributed by atoms with E-state index >= 15 is 0 Å². The van der Waals surface area contributed by atoms with Gasteiger partial charge in [0.1, 0.15) is 6.33 Å². The molecule has 6 nitrogen and oxygen atoms in total. The fraction of sp³-hybridized carbons (Fsp3) is 0.267. The molecule has 0 aliphatic carbocycles. The minimum Gasteiger partial charge on any atom is -0.384 e. The van der Waals surface area contributed by atoms with E-state index in [4.69, 9.17) is 4.74 Å². The van der Waals surface area contributed by atoms with Gasteiger partial charge >= 0.3 is 0 Å². The standard InChI is InChI=1S/C15H14BrN5O/c1-22-3-2-10-4-11(16)5-13-14(10)15-18-8-19-21(15)7-12-6-17-9-20(12)13/h4-6,8-9H,2-3,7H2,1H3. The summed E-state index contributed by atoms with van der Waals surface area (Å²) in [6, 6.07) is 4.22. The van der Waals surface area contributed by atoms with Crippen molar-refractivity contribution in [3.05, 3.63) is 46.7 Å². The SMILES string of the molecule is COCCc1cc(Br)cc2c1-c1ncnn1Cc1cncn1-2. The van der Waals surface area contributed by atoms with Gasteiger partial charge in [-0.1, -0.05) is 15.9 Å². The first-order chi connectivity index (χ1) is 10.8. The first kappa shape index (κ1) is 13.7. The zero-order chi connectivity index (χ0) is 15.1. The number of methoxy groups -OCH3 is 1. The lowest BCUT2D eigenvalue weighted by atomic mass is 10.0. The van der Waals surface area contributed by atoms with E-state index in [1.807, 2.05) is 17.2 Å². The summed E-state index contributed by atoms with van der Waals surface area (Å²) in [5.41, 5.74) is 4.43. The third kappa shape index (κ3) is 2.08. The number of nitrogens with zero attached hydrogens (tertiary/aromatic N) is 5. The highest BCUT2D eigenvalue weighted by Gasteiger charge is 2.23. The van der Waals surface area contributed by atoms with Crippen LogP contribution in [0.4, 0.5) is 0 Å². The van der Waals surface area contributed by atoms with Crippen molar-refractivity contribution < 1.29 is 4.74 Å². The van der Waals surface area contributed by atoms with E-state index in [1.165, 1.54) is 5.56 Å². The Labute approximate surface area is 135 Å². The van der Waals surface area contributed by atoms with Crippen molar-refractivity contribution in [2.75, 3.05) is 13.7 Å². The molecule has 1 aliphatic rings. The minimum atomic E-state index is 0.658. The summed E-state index contributed by atoms with van der Waals surface area (Å²) in [5, 5.41) is 4.36. The third-order valence-electron chi connectivity index (χ3n) is 3.87. The highest BCUT2D eigenvalue weighted by atomic mass is 79.9. The predicted molar refractivity (Wildman–Crippen MR) is 85.0 cm³/mol. The number of hydrogen-bond donors (Lipinski definition) is 0. The molecule has 0 bridgehead atoms. The predicted octanol–water partition coefficient (Wildman–Crippen LogP) is 2.44. The largest absolute Gasteiger partial charge is 0.384 e. The zero-order valence-electron chi connectivity index (χ0n) is 12.0. The maximum absolute atomic E-state index is 5.25. The van der Waals surface area contributed by atoms with E-state index in [2.05, 4.69) is 47.7 Å². The van der Waals surface area contributed by atoms with Crippen LogP contribution < -0.4 is 0 Å². The lowest BCUT2D eigenvalue weighted by Crippen LogP contribution is -2.04. The summed E-state index contributed by atoms with van der Waals surface area (Å²) in [4.78, 5) is 8.77. The van der Waals surface area contributed by atoms with Crippen LogP contribution in [0.1, 0.15) is 11.3 Å². The molecule has 0 spiro atoms. The number of hydrogen-bond acceptors (Lipinski definition) is 4. The summed E-state index contributed by atoms with van der Waals surface area (Å²) in [7, 11) is 1.72. The van der Waals surface area contributed by atoms with Gasteiger partial charge in [0.25, 0.3) is 0 Å². The lowest BCUT2D eigenvalue weighted by molar-refractivity contribution is 0.202. The molecule has 0 atom stereocenters. The van der Waals surface area contributed by atoms with Crippen LogP contribution in [0.5, 0.6) is 0 Å². The Bertz CT molecular complexity index is 838. The van der Waals surface area contributed by atoms with Crippen molar-refractivity contribution >= 4 is 15.9 Å². The number of halogens is 1. The maximum atomic E-state index is 5.25. The van der Waals surface area contributed by atoms with Crippen molar-refractivity contribution in [3.8, 4) is 17.1 Å². The van der Waals surface area contributed by atoms with Gasteiger partial charge in [-0.2, -0.15) is 5.10 Å². The summed E-state index contributed by atoms with van der Waals surface area (Å²) < 4.78 is 10.3. The fourth-order valence-electron chi connectivity index (χ4n) is 2.89. The third-order valence-corrected chi connectivity index (χ3v) is 4.32. The lowest BCUT2D eigenvalue weighted by Gasteiger charge is -2.14. The van der Waals surface area contributed by atoms with Crippen LogP contribution in [-0.4, -0.2) is 38.0 Å². The number of fused-ring (bicyclic) bond motifs is 5. The van der Waals surface area contributed by atoms with Crippen LogP contribution in [0.15, 0.2) is 35.5 Å².